The molecule has 4 rings (SSSR count). The van der Waals surface area contributed by atoms with Gasteiger partial charge in [-0.2, -0.15) is 18.3 Å². The topological polar surface area (TPSA) is 91.7 Å². The zero-order valence-electron chi connectivity index (χ0n) is 15.0. The van der Waals surface area contributed by atoms with E-state index in [1.165, 1.54) is 6.33 Å². The fourth-order valence-corrected chi connectivity index (χ4v) is 3.47. The summed E-state index contributed by atoms with van der Waals surface area (Å²) in [5.41, 5.74) is 2.48. The van der Waals surface area contributed by atoms with Crippen LogP contribution in [0.5, 0.6) is 0 Å². The number of fused-ring (bicyclic) bond motifs is 2. The van der Waals surface area contributed by atoms with Crippen molar-refractivity contribution in [2.24, 2.45) is 7.05 Å². The average Bonchev–Trinajstić information content (AvgIpc) is 3.25. The molecule has 3 aromatic rings. The number of carbonyl (C=O) groups is 1. The van der Waals surface area contributed by atoms with Gasteiger partial charge in [-0.3, -0.25) is 9.48 Å². The number of aryl methyl sites for hydroxylation is 1. The van der Waals surface area contributed by atoms with E-state index in [0.29, 0.717) is 30.7 Å². The zero-order valence-corrected chi connectivity index (χ0v) is 15.0. The molecule has 0 atom stereocenters. The highest BCUT2D eigenvalue weighted by atomic mass is 19.4. The van der Waals surface area contributed by atoms with Crippen molar-refractivity contribution in [1.82, 2.24) is 30.0 Å². The lowest BCUT2D eigenvalue weighted by Gasteiger charge is -2.28. The van der Waals surface area contributed by atoms with Crippen LogP contribution in [0.3, 0.4) is 0 Å². The standard InChI is InChI=1S/C17H18F3N7O/c1-26-12-3-7-27(15-10-2-5-21-14(10)23-9-24-15)8-11(12)13(25-26)16(28)22-6-4-17(18,19)20/h2,5,9H,3-4,6-8H2,1H3,(H,22,28)(H,21,23,24). The zero-order chi connectivity index (χ0) is 19.9. The number of nitrogens with one attached hydrogen (secondary N) is 2. The Balaban J connectivity index is 1.58. The molecule has 2 N–H and O–H groups in total. The van der Waals surface area contributed by atoms with E-state index in [1.54, 1.807) is 17.9 Å². The molecule has 1 aliphatic rings. The molecule has 148 valence electrons. The highest BCUT2D eigenvalue weighted by Crippen LogP contribution is 2.29. The highest BCUT2D eigenvalue weighted by molar-refractivity contribution is 5.94. The summed E-state index contributed by atoms with van der Waals surface area (Å²) < 4.78 is 38.6. The molecular weight excluding hydrogens is 375 g/mol. The lowest BCUT2D eigenvalue weighted by Crippen LogP contribution is -2.34. The molecule has 3 aromatic heterocycles. The molecule has 0 radical (unpaired) electrons. The second kappa shape index (κ2) is 6.80. The van der Waals surface area contributed by atoms with E-state index in [9.17, 15) is 18.0 Å². The molecular formula is C17H18F3N7O. The first kappa shape index (κ1) is 18.3. The van der Waals surface area contributed by atoms with Crippen molar-refractivity contribution in [2.45, 2.75) is 25.6 Å². The Labute approximate surface area is 157 Å². The minimum absolute atomic E-state index is 0.156. The van der Waals surface area contributed by atoms with Gasteiger partial charge in [-0.05, 0) is 6.07 Å². The Kier molecular flexibility index (Phi) is 4.44. The van der Waals surface area contributed by atoms with Gasteiger partial charge >= 0.3 is 6.18 Å². The number of carbonyl (C=O) groups excluding carboxylic acids is 1. The van der Waals surface area contributed by atoms with Crippen LogP contribution in [0.4, 0.5) is 19.0 Å². The third-order valence-corrected chi connectivity index (χ3v) is 4.78. The van der Waals surface area contributed by atoms with Crippen LogP contribution in [0, 0.1) is 0 Å². The molecule has 4 heterocycles. The second-order valence-electron chi connectivity index (χ2n) is 6.63. The van der Waals surface area contributed by atoms with Crippen molar-refractivity contribution in [3.05, 3.63) is 35.5 Å². The lowest BCUT2D eigenvalue weighted by molar-refractivity contribution is -0.132. The van der Waals surface area contributed by atoms with Crippen molar-refractivity contribution in [1.29, 1.82) is 0 Å². The van der Waals surface area contributed by atoms with Gasteiger partial charge in [0.1, 0.15) is 17.8 Å². The molecule has 0 aromatic carbocycles. The third-order valence-electron chi connectivity index (χ3n) is 4.78. The van der Waals surface area contributed by atoms with Crippen molar-refractivity contribution in [3.8, 4) is 0 Å². The Morgan fingerprint density at radius 3 is 2.96 bits per heavy atom. The largest absolute Gasteiger partial charge is 0.390 e. The normalized spacial score (nSPS) is 14.4. The van der Waals surface area contributed by atoms with Crippen LogP contribution in [0.15, 0.2) is 18.6 Å². The summed E-state index contributed by atoms with van der Waals surface area (Å²) in [5, 5.41) is 7.43. The fraction of sp³-hybridized carbons (Fsp3) is 0.412. The Morgan fingerprint density at radius 2 is 2.18 bits per heavy atom. The summed E-state index contributed by atoms with van der Waals surface area (Å²) in [7, 11) is 1.73. The SMILES string of the molecule is Cn1nc(C(=O)NCCC(F)(F)F)c2c1CCN(c1ncnc3[nH]ccc13)C2. The number of hydrogen-bond acceptors (Lipinski definition) is 5. The first-order valence-electron chi connectivity index (χ1n) is 8.76. The number of amides is 1. The van der Waals surface area contributed by atoms with Gasteiger partial charge < -0.3 is 15.2 Å². The van der Waals surface area contributed by atoms with E-state index >= 15 is 0 Å². The first-order valence-corrected chi connectivity index (χ1v) is 8.76. The summed E-state index contributed by atoms with van der Waals surface area (Å²) in [6.45, 7) is 0.592. The molecule has 1 amide bonds. The second-order valence-corrected chi connectivity index (χ2v) is 6.63. The van der Waals surface area contributed by atoms with Gasteiger partial charge in [-0.25, -0.2) is 9.97 Å². The van der Waals surface area contributed by atoms with Crippen LogP contribution in [0.25, 0.3) is 11.0 Å². The summed E-state index contributed by atoms with van der Waals surface area (Å²) in [4.78, 5) is 26.0. The predicted octanol–water partition coefficient (Wildman–Crippen LogP) is 1.94. The Morgan fingerprint density at radius 1 is 1.36 bits per heavy atom. The molecule has 0 spiro atoms. The number of H-pyrrole nitrogens is 1. The Hall–Kier alpha value is -3.11. The smallest absolute Gasteiger partial charge is 0.351 e. The summed E-state index contributed by atoms with van der Waals surface area (Å²) in [6, 6.07) is 1.88. The van der Waals surface area contributed by atoms with E-state index in [0.717, 1.165) is 16.9 Å². The summed E-state index contributed by atoms with van der Waals surface area (Å²) in [6.07, 6.45) is -1.50. The molecule has 0 fully saturated rings. The molecule has 0 bridgehead atoms. The van der Waals surface area contributed by atoms with Crippen LogP contribution in [0.1, 0.15) is 28.2 Å². The number of hydrogen-bond donors (Lipinski definition) is 2. The van der Waals surface area contributed by atoms with Crippen molar-refractivity contribution < 1.29 is 18.0 Å². The van der Waals surface area contributed by atoms with Crippen molar-refractivity contribution in [3.63, 3.8) is 0 Å². The van der Waals surface area contributed by atoms with E-state index < -0.39 is 25.0 Å². The number of alkyl halides is 3. The maximum Gasteiger partial charge on any atom is 0.390 e. The number of aromatic nitrogens is 5. The van der Waals surface area contributed by atoms with E-state index in [1.807, 2.05) is 11.0 Å². The number of aromatic amines is 1. The quantitative estimate of drug-likeness (QED) is 0.707. The van der Waals surface area contributed by atoms with Crippen molar-refractivity contribution >= 4 is 22.8 Å². The summed E-state index contributed by atoms with van der Waals surface area (Å²) in [5.74, 6) is 0.140. The molecule has 1 aliphatic heterocycles. The monoisotopic (exact) mass is 393 g/mol. The average molecular weight is 393 g/mol. The van der Waals surface area contributed by atoms with Gasteiger partial charge in [0.05, 0.1) is 11.8 Å². The highest BCUT2D eigenvalue weighted by Gasteiger charge is 2.30. The van der Waals surface area contributed by atoms with Gasteiger partial charge in [-0.15, -0.1) is 0 Å². The molecule has 11 heteroatoms. The lowest BCUT2D eigenvalue weighted by atomic mass is 10.0. The first-order chi connectivity index (χ1) is 13.3. The van der Waals surface area contributed by atoms with Gasteiger partial charge in [-0.1, -0.05) is 0 Å². The summed E-state index contributed by atoms with van der Waals surface area (Å²) >= 11 is 0. The molecule has 0 saturated heterocycles. The molecule has 28 heavy (non-hydrogen) atoms. The van der Waals surface area contributed by atoms with Crippen LogP contribution in [-0.4, -0.2) is 49.9 Å². The Bertz CT molecular complexity index is 1020. The minimum atomic E-state index is -4.32. The molecule has 0 aliphatic carbocycles. The van der Waals surface area contributed by atoms with E-state index in [4.69, 9.17) is 0 Å². The van der Waals surface area contributed by atoms with Gasteiger partial charge in [0.2, 0.25) is 0 Å². The van der Waals surface area contributed by atoms with E-state index in [2.05, 4.69) is 25.4 Å². The number of halogens is 3. The molecule has 0 saturated carbocycles. The maximum atomic E-state index is 12.4. The fourth-order valence-electron chi connectivity index (χ4n) is 3.47. The van der Waals surface area contributed by atoms with E-state index in [-0.39, 0.29) is 5.69 Å². The van der Waals surface area contributed by atoms with Crippen LogP contribution >= 0.6 is 0 Å². The minimum Gasteiger partial charge on any atom is -0.351 e. The maximum absolute atomic E-state index is 12.4. The molecule has 8 nitrogen and oxygen atoms in total. The molecule has 0 unspecified atom stereocenters. The number of anilines is 1. The number of rotatable bonds is 4. The van der Waals surface area contributed by atoms with Crippen LogP contribution < -0.4 is 10.2 Å². The van der Waals surface area contributed by atoms with Crippen LogP contribution in [-0.2, 0) is 20.0 Å². The van der Waals surface area contributed by atoms with Gasteiger partial charge in [0.25, 0.3) is 5.91 Å². The number of nitrogens with zero attached hydrogens (tertiary/aromatic N) is 5. The van der Waals surface area contributed by atoms with Crippen LogP contribution in [0.2, 0.25) is 0 Å². The van der Waals surface area contributed by atoms with Crippen molar-refractivity contribution in [2.75, 3.05) is 18.0 Å². The van der Waals surface area contributed by atoms with Gasteiger partial charge in [0.15, 0.2) is 5.69 Å². The third kappa shape index (κ3) is 3.39. The van der Waals surface area contributed by atoms with Gasteiger partial charge in [0, 0.05) is 50.6 Å². The predicted molar refractivity (Wildman–Crippen MR) is 94.9 cm³/mol.